The topological polar surface area (TPSA) is 88.1 Å². The summed E-state index contributed by atoms with van der Waals surface area (Å²) >= 11 is 0. The quantitative estimate of drug-likeness (QED) is 0.591. The van der Waals surface area contributed by atoms with Gasteiger partial charge in [-0.15, -0.1) is 0 Å². The molecule has 4 atom stereocenters. The van der Waals surface area contributed by atoms with Crippen molar-refractivity contribution < 1.29 is 37.7 Å². The Morgan fingerprint density at radius 3 is 2.29 bits per heavy atom. The van der Waals surface area contributed by atoms with E-state index in [9.17, 15) is 18.8 Å². The number of esters is 3. The van der Waals surface area contributed by atoms with Crippen LogP contribution < -0.4 is 0 Å². The van der Waals surface area contributed by atoms with E-state index < -0.39 is 49.2 Å². The van der Waals surface area contributed by atoms with Crippen LogP contribution in [0.5, 0.6) is 0 Å². The zero-order valence-electron chi connectivity index (χ0n) is 13.1. The molecule has 0 aliphatic carbocycles. The van der Waals surface area contributed by atoms with Crippen molar-refractivity contribution in [2.75, 3.05) is 6.61 Å². The highest BCUT2D eigenvalue weighted by Gasteiger charge is 2.49. The van der Waals surface area contributed by atoms with Crippen LogP contribution >= 0.6 is 0 Å². The fraction of sp³-hybridized carbons (Fsp3) is 0.438. The molecule has 0 amide bonds. The standard InChI is InChI=1S/C16H17FO7/c1-9(18)22-14-13(17)12(24-16(14)23-10(2)19)8-21-15(20)11-6-4-3-5-7-11/h3-7,12-14,16H,8H2,1-2H3/t12-,13?,14+,16-/m1/s1. The molecule has 1 unspecified atom stereocenters. The molecule has 0 saturated carbocycles. The number of carbonyl (C=O) groups excluding carboxylic acids is 3. The molecular formula is C16H17FO7. The van der Waals surface area contributed by atoms with Gasteiger partial charge in [0.1, 0.15) is 12.7 Å². The Morgan fingerprint density at radius 1 is 1.08 bits per heavy atom. The second kappa shape index (κ2) is 7.87. The molecule has 1 aliphatic rings. The second-order valence-corrected chi connectivity index (χ2v) is 5.14. The first-order valence-corrected chi connectivity index (χ1v) is 7.24. The van der Waals surface area contributed by atoms with Gasteiger partial charge in [0.25, 0.3) is 0 Å². The molecule has 1 aromatic carbocycles. The Hall–Kier alpha value is -2.48. The lowest BCUT2D eigenvalue weighted by Crippen LogP contribution is -2.36. The van der Waals surface area contributed by atoms with Gasteiger partial charge in [0, 0.05) is 13.8 Å². The lowest BCUT2D eigenvalue weighted by Gasteiger charge is -2.18. The average molecular weight is 340 g/mol. The zero-order valence-corrected chi connectivity index (χ0v) is 13.1. The molecule has 24 heavy (non-hydrogen) atoms. The molecule has 130 valence electrons. The number of hydrogen-bond donors (Lipinski definition) is 0. The van der Waals surface area contributed by atoms with Gasteiger partial charge in [0.15, 0.2) is 12.3 Å². The third-order valence-corrected chi connectivity index (χ3v) is 3.22. The highest BCUT2D eigenvalue weighted by Crippen LogP contribution is 2.28. The van der Waals surface area contributed by atoms with Gasteiger partial charge in [-0.25, -0.2) is 9.18 Å². The number of hydrogen-bond acceptors (Lipinski definition) is 7. The molecule has 0 N–H and O–H groups in total. The average Bonchev–Trinajstić information content (AvgIpc) is 2.81. The van der Waals surface area contributed by atoms with Crippen molar-refractivity contribution in [3.05, 3.63) is 35.9 Å². The minimum absolute atomic E-state index is 0.305. The van der Waals surface area contributed by atoms with Crippen LogP contribution in [0.15, 0.2) is 30.3 Å². The van der Waals surface area contributed by atoms with E-state index in [1.54, 1.807) is 30.3 Å². The summed E-state index contributed by atoms with van der Waals surface area (Å²) in [6, 6.07) is 8.16. The SMILES string of the molecule is CC(=O)O[C@@H]1O[C@H](COC(=O)c2ccccc2)C(F)[C@@H]1OC(C)=O. The third-order valence-electron chi connectivity index (χ3n) is 3.22. The Kier molecular flexibility index (Phi) is 5.86. The van der Waals surface area contributed by atoms with Crippen molar-refractivity contribution in [3.8, 4) is 0 Å². The van der Waals surface area contributed by atoms with Gasteiger partial charge >= 0.3 is 17.9 Å². The largest absolute Gasteiger partial charge is 0.459 e. The van der Waals surface area contributed by atoms with Gasteiger partial charge in [0.05, 0.1) is 5.56 Å². The minimum atomic E-state index is -1.80. The van der Waals surface area contributed by atoms with Gasteiger partial charge in [0.2, 0.25) is 6.29 Å². The van der Waals surface area contributed by atoms with E-state index in [4.69, 9.17) is 18.9 Å². The number of carbonyl (C=O) groups is 3. The summed E-state index contributed by atoms with van der Waals surface area (Å²) in [5, 5.41) is 0. The van der Waals surface area contributed by atoms with Crippen molar-refractivity contribution in [2.24, 2.45) is 0 Å². The van der Waals surface area contributed by atoms with Crippen LogP contribution in [0.25, 0.3) is 0 Å². The van der Waals surface area contributed by atoms with E-state index in [2.05, 4.69) is 0 Å². The van der Waals surface area contributed by atoms with Crippen molar-refractivity contribution in [3.63, 3.8) is 0 Å². The fourth-order valence-corrected chi connectivity index (χ4v) is 2.20. The van der Waals surface area contributed by atoms with Crippen molar-refractivity contribution in [2.45, 2.75) is 38.5 Å². The van der Waals surface area contributed by atoms with E-state index >= 15 is 0 Å². The minimum Gasteiger partial charge on any atom is -0.459 e. The van der Waals surface area contributed by atoms with Crippen LogP contribution in [0.1, 0.15) is 24.2 Å². The van der Waals surface area contributed by atoms with Gasteiger partial charge in [-0.3, -0.25) is 9.59 Å². The number of ether oxygens (including phenoxy) is 4. The van der Waals surface area contributed by atoms with Crippen LogP contribution in [0, 0.1) is 0 Å². The van der Waals surface area contributed by atoms with E-state index in [1.165, 1.54) is 0 Å². The van der Waals surface area contributed by atoms with Crippen molar-refractivity contribution in [1.29, 1.82) is 0 Å². The van der Waals surface area contributed by atoms with Crippen LogP contribution in [-0.2, 0) is 28.5 Å². The highest BCUT2D eigenvalue weighted by molar-refractivity contribution is 5.89. The first-order chi connectivity index (χ1) is 11.4. The second-order valence-electron chi connectivity index (χ2n) is 5.14. The maximum Gasteiger partial charge on any atom is 0.338 e. The Balaban J connectivity index is 1.98. The summed E-state index contributed by atoms with van der Waals surface area (Å²) in [6.45, 7) is 1.80. The molecule has 1 aromatic rings. The van der Waals surface area contributed by atoms with E-state index in [1.807, 2.05) is 0 Å². The summed E-state index contributed by atoms with van der Waals surface area (Å²) in [5.41, 5.74) is 0.305. The summed E-state index contributed by atoms with van der Waals surface area (Å²) in [4.78, 5) is 34.0. The Bertz CT molecular complexity index is 604. The molecule has 8 heteroatoms. The number of alkyl halides is 1. The molecular weight excluding hydrogens is 323 g/mol. The maximum atomic E-state index is 14.4. The van der Waals surface area contributed by atoms with Crippen molar-refractivity contribution >= 4 is 17.9 Å². The number of halogens is 1. The smallest absolute Gasteiger partial charge is 0.338 e. The first-order valence-electron chi connectivity index (χ1n) is 7.24. The fourth-order valence-electron chi connectivity index (χ4n) is 2.20. The first kappa shape index (κ1) is 17.9. The highest BCUT2D eigenvalue weighted by atomic mass is 19.1. The summed E-state index contributed by atoms with van der Waals surface area (Å²) < 4.78 is 34.2. The summed E-state index contributed by atoms with van der Waals surface area (Å²) in [6.07, 6.45) is -5.82. The Morgan fingerprint density at radius 2 is 1.71 bits per heavy atom. The summed E-state index contributed by atoms with van der Waals surface area (Å²) in [5.74, 6) is -2.11. The lowest BCUT2D eigenvalue weighted by molar-refractivity contribution is -0.195. The molecule has 7 nitrogen and oxygen atoms in total. The van der Waals surface area contributed by atoms with Crippen LogP contribution in [0.2, 0.25) is 0 Å². The van der Waals surface area contributed by atoms with Crippen LogP contribution in [0.3, 0.4) is 0 Å². The van der Waals surface area contributed by atoms with Gasteiger partial charge < -0.3 is 18.9 Å². The molecule has 0 spiro atoms. The number of benzene rings is 1. The van der Waals surface area contributed by atoms with E-state index in [0.29, 0.717) is 5.56 Å². The molecule has 1 aliphatic heterocycles. The van der Waals surface area contributed by atoms with E-state index in [0.717, 1.165) is 13.8 Å². The van der Waals surface area contributed by atoms with Crippen molar-refractivity contribution in [1.82, 2.24) is 0 Å². The lowest BCUT2D eigenvalue weighted by atomic mass is 10.1. The molecule has 1 heterocycles. The maximum absolute atomic E-state index is 14.4. The van der Waals surface area contributed by atoms with E-state index in [-0.39, 0.29) is 0 Å². The molecule has 1 fully saturated rings. The van der Waals surface area contributed by atoms with Gasteiger partial charge in [-0.2, -0.15) is 0 Å². The Labute approximate surface area is 137 Å². The molecule has 0 bridgehead atoms. The van der Waals surface area contributed by atoms with Gasteiger partial charge in [-0.1, -0.05) is 18.2 Å². The predicted molar refractivity (Wildman–Crippen MR) is 77.6 cm³/mol. The molecule has 1 saturated heterocycles. The molecule has 0 radical (unpaired) electrons. The van der Waals surface area contributed by atoms with Gasteiger partial charge in [-0.05, 0) is 12.1 Å². The zero-order chi connectivity index (χ0) is 17.7. The predicted octanol–water partition coefficient (Wildman–Crippen LogP) is 1.40. The molecule has 2 rings (SSSR count). The normalized spacial score (nSPS) is 25.8. The van der Waals surface area contributed by atoms with Crippen LogP contribution in [-0.4, -0.2) is 49.2 Å². The number of rotatable bonds is 5. The monoisotopic (exact) mass is 340 g/mol. The summed E-state index contributed by atoms with van der Waals surface area (Å²) in [7, 11) is 0. The van der Waals surface area contributed by atoms with Crippen LogP contribution in [0.4, 0.5) is 4.39 Å². The third kappa shape index (κ3) is 4.51. The molecule has 0 aromatic heterocycles.